The Balaban J connectivity index is 1.71. The number of amides is 2. The molecule has 0 spiro atoms. The monoisotopic (exact) mass is 376 g/mol. The van der Waals surface area contributed by atoms with Gasteiger partial charge in [0.15, 0.2) is 6.10 Å². The van der Waals surface area contributed by atoms with Crippen LogP contribution < -0.4 is 5.32 Å². The lowest BCUT2D eigenvalue weighted by atomic mass is 9.93. The Morgan fingerprint density at radius 1 is 1.30 bits per heavy atom. The summed E-state index contributed by atoms with van der Waals surface area (Å²) in [6.07, 6.45) is -1.09. The highest BCUT2D eigenvalue weighted by Gasteiger charge is 2.55. The minimum Gasteiger partial charge on any atom is -0.444 e. The fraction of sp³-hybridized carbons (Fsp3) is 0.600. The van der Waals surface area contributed by atoms with Crippen LogP contribution in [0.1, 0.15) is 40.2 Å². The molecule has 2 saturated heterocycles. The van der Waals surface area contributed by atoms with Gasteiger partial charge in [-0.15, -0.1) is 0 Å². The van der Waals surface area contributed by atoms with Gasteiger partial charge in [-0.3, -0.25) is 9.69 Å². The fourth-order valence-electron chi connectivity index (χ4n) is 3.39. The third-order valence-corrected chi connectivity index (χ3v) is 4.69. The molecule has 2 aliphatic rings. The van der Waals surface area contributed by atoms with Gasteiger partial charge in [0.1, 0.15) is 11.3 Å². The van der Waals surface area contributed by atoms with Gasteiger partial charge < -0.3 is 19.5 Å². The van der Waals surface area contributed by atoms with Crippen LogP contribution in [0.4, 0.5) is 4.79 Å². The molecule has 1 aromatic carbocycles. The predicted molar refractivity (Wildman–Crippen MR) is 98.8 cm³/mol. The molecule has 0 bridgehead atoms. The number of hydrogen-bond donors (Lipinski definition) is 1. The first kappa shape index (κ1) is 19.6. The van der Waals surface area contributed by atoms with E-state index >= 15 is 0 Å². The number of nitrogens with one attached hydrogen (secondary N) is 1. The minimum absolute atomic E-state index is 0.176. The largest absolute Gasteiger partial charge is 0.444 e. The second-order valence-electron chi connectivity index (χ2n) is 8.43. The van der Waals surface area contributed by atoms with Crippen LogP contribution >= 0.6 is 0 Å². The van der Waals surface area contributed by atoms with E-state index in [1.54, 1.807) is 4.90 Å². The smallest absolute Gasteiger partial charge is 0.412 e. The molecule has 7 heteroatoms. The molecular formula is C20H28N2O5. The average Bonchev–Trinajstić information content (AvgIpc) is 2.87. The lowest BCUT2D eigenvalue weighted by Crippen LogP contribution is -2.71. The predicted octanol–water partition coefficient (Wildman–Crippen LogP) is 2.44. The van der Waals surface area contributed by atoms with E-state index in [2.05, 4.69) is 5.32 Å². The van der Waals surface area contributed by atoms with E-state index in [0.717, 1.165) is 5.56 Å². The van der Waals surface area contributed by atoms with Crippen LogP contribution in [0.2, 0.25) is 0 Å². The van der Waals surface area contributed by atoms with Crippen molar-refractivity contribution < 1.29 is 23.8 Å². The summed E-state index contributed by atoms with van der Waals surface area (Å²) in [5.74, 6) is -0.176. The molecular weight excluding hydrogens is 348 g/mol. The Morgan fingerprint density at radius 3 is 2.56 bits per heavy atom. The van der Waals surface area contributed by atoms with Crippen molar-refractivity contribution >= 4 is 12.0 Å². The topological polar surface area (TPSA) is 77.1 Å². The van der Waals surface area contributed by atoms with Gasteiger partial charge in [0.25, 0.3) is 5.91 Å². The Bertz CT molecular complexity index is 698. The highest BCUT2D eigenvalue weighted by Crippen LogP contribution is 2.34. The van der Waals surface area contributed by atoms with Gasteiger partial charge in [0.05, 0.1) is 25.3 Å². The van der Waals surface area contributed by atoms with Crippen molar-refractivity contribution in [1.82, 2.24) is 10.2 Å². The Kier molecular flexibility index (Phi) is 5.18. The van der Waals surface area contributed by atoms with Crippen LogP contribution in [0.3, 0.4) is 0 Å². The molecule has 1 aromatic rings. The fourth-order valence-corrected chi connectivity index (χ4v) is 3.39. The minimum atomic E-state index is -0.822. The van der Waals surface area contributed by atoms with Crippen LogP contribution in [0.15, 0.2) is 30.3 Å². The van der Waals surface area contributed by atoms with E-state index in [4.69, 9.17) is 14.2 Å². The number of nitrogens with zero attached hydrogens (tertiary/aromatic N) is 1. The first-order chi connectivity index (χ1) is 12.6. The summed E-state index contributed by atoms with van der Waals surface area (Å²) in [6, 6.07) is 8.98. The lowest BCUT2D eigenvalue weighted by Gasteiger charge is -2.44. The van der Waals surface area contributed by atoms with Crippen molar-refractivity contribution in [3.63, 3.8) is 0 Å². The molecule has 3 rings (SSSR count). The van der Waals surface area contributed by atoms with Crippen molar-refractivity contribution in [3.8, 4) is 0 Å². The summed E-state index contributed by atoms with van der Waals surface area (Å²) in [6.45, 7) is 9.73. The zero-order valence-electron chi connectivity index (χ0n) is 16.5. The van der Waals surface area contributed by atoms with Gasteiger partial charge in [-0.05, 0) is 40.2 Å². The van der Waals surface area contributed by atoms with Crippen molar-refractivity contribution in [2.75, 3.05) is 6.61 Å². The molecule has 27 heavy (non-hydrogen) atoms. The summed E-state index contributed by atoms with van der Waals surface area (Å²) in [7, 11) is 0. The average molecular weight is 376 g/mol. The molecule has 1 N–H and O–H groups in total. The number of carbonyl (C=O) groups is 2. The Morgan fingerprint density at radius 2 is 1.96 bits per heavy atom. The van der Waals surface area contributed by atoms with Crippen LogP contribution in [0.5, 0.6) is 0 Å². The molecule has 7 nitrogen and oxygen atoms in total. The van der Waals surface area contributed by atoms with E-state index in [1.807, 2.05) is 65.0 Å². The molecule has 0 unspecified atom stereocenters. The first-order valence-corrected chi connectivity index (χ1v) is 9.21. The number of ether oxygens (including phenoxy) is 3. The Labute approximate surface area is 160 Å². The molecule has 0 aromatic heterocycles. The highest BCUT2D eigenvalue weighted by atomic mass is 16.6. The van der Waals surface area contributed by atoms with Gasteiger partial charge in [-0.25, -0.2) is 4.79 Å². The van der Waals surface area contributed by atoms with E-state index < -0.39 is 23.5 Å². The quantitative estimate of drug-likeness (QED) is 0.817. The van der Waals surface area contributed by atoms with Crippen LogP contribution in [-0.4, -0.2) is 53.0 Å². The van der Waals surface area contributed by atoms with Gasteiger partial charge in [-0.2, -0.15) is 0 Å². The van der Waals surface area contributed by atoms with Crippen molar-refractivity contribution in [3.05, 3.63) is 35.9 Å². The standard InChI is InChI=1S/C20H28N2O5/c1-19(2,3)27-18(24)22-14(12-26-20(22,4)5)15-16(17(23)21-15)25-11-13-9-7-6-8-10-13/h6-10,14-16H,11-12H2,1-5H3,(H,21,23)/t14-,15+,16-/m0/s1. The highest BCUT2D eigenvalue weighted by molar-refractivity contribution is 5.89. The number of benzene rings is 1. The van der Waals surface area contributed by atoms with Crippen LogP contribution in [0.25, 0.3) is 0 Å². The molecule has 0 radical (unpaired) electrons. The van der Waals surface area contributed by atoms with Crippen molar-refractivity contribution in [1.29, 1.82) is 0 Å². The maximum absolute atomic E-state index is 12.8. The third-order valence-electron chi connectivity index (χ3n) is 4.69. The normalized spacial score (nSPS) is 27.1. The SMILES string of the molecule is CC(C)(C)OC(=O)N1[C@H]([C@H]2NC(=O)[C@H]2OCc2ccccc2)COC1(C)C. The molecule has 0 saturated carbocycles. The summed E-state index contributed by atoms with van der Waals surface area (Å²) >= 11 is 0. The number of β-lactam (4-membered cyclic amide) rings is 1. The number of carbonyl (C=O) groups excluding carboxylic acids is 2. The molecule has 2 heterocycles. The zero-order valence-corrected chi connectivity index (χ0v) is 16.5. The third kappa shape index (κ3) is 4.25. The Hall–Kier alpha value is -2.12. The second kappa shape index (κ2) is 7.13. The van der Waals surface area contributed by atoms with Crippen LogP contribution in [0, 0.1) is 0 Å². The van der Waals surface area contributed by atoms with E-state index in [1.165, 1.54) is 0 Å². The summed E-state index contributed by atoms with van der Waals surface area (Å²) in [5, 5.41) is 2.86. The summed E-state index contributed by atoms with van der Waals surface area (Å²) in [4.78, 5) is 26.4. The van der Waals surface area contributed by atoms with E-state index in [0.29, 0.717) is 13.2 Å². The molecule has 3 atom stereocenters. The molecule has 2 amide bonds. The first-order valence-electron chi connectivity index (χ1n) is 9.21. The van der Waals surface area contributed by atoms with Crippen LogP contribution in [-0.2, 0) is 25.6 Å². The number of rotatable bonds is 4. The summed E-state index contributed by atoms with van der Waals surface area (Å²) in [5.41, 5.74) is -0.452. The van der Waals surface area contributed by atoms with Crippen molar-refractivity contribution in [2.24, 2.45) is 0 Å². The summed E-state index contributed by atoms with van der Waals surface area (Å²) < 4.78 is 17.2. The van der Waals surface area contributed by atoms with E-state index in [-0.39, 0.29) is 18.0 Å². The molecule has 2 aliphatic heterocycles. The van der Waals surface area contributed by atoms with Gasteiger partial charge in [0.2, 0.25) is 0 Å². The van der Waals surface area contributed by atoms with Crippen molar-refractivity contribution in [2.45, 2.75) is 70.7 Å². The molecule has 2 fully saturated rings. The molecule has 0 aliphatic carbocycles. The maximum atomic E-state index is 12.8. The number of hydrogen-bond acceptors (Lipinski definition) is 5. The molecule has 148 valence electrons. The maximum Gasteiger partial charge on any atom is 0.412 e. The second-order valence-corrected chi connectivity index (χ2v) is 8.43. The lowest BCUT2D eigenvalue weighted by molar-refractivity contribution is -0.153. The van der Waals surface area contributed by atoms with Gasteiger partial charge in [0, 0.05) is 0 Å². The van der Waals surface area contributed by atoms with Gasteiger partial charge in [-0.1, -0.05) is 30.3 Å². The van der Waals surface area contributed by atoms with Gasteiger partial charge >= 0.3 is 6.09 Å². The zero-order chi connectivity index (χ0) is 19.8. The van der Waals surface area contributed by atoms with E-state index in [9.17, 15) is 9.59 Å².